The SMILES string of the molecule is O=C1OCc2cc(Br)ccc2N1C1CCN(S(=O)(=O)c2c(Cl)cc(Cl)cc2Cl)CC1. The topological polar surface area (TPSA) is 66.9 Å². The van der Waals surface area contributed by atoms with E-state index in [1.807, 2.05) is 18.2 Å². The molecule has 30 heavy (non-hydrogen) atoms. The molecule has 2 aromatic rings. The molecule has 0 unspecified atom stereocenters. The largest absolute Gasteiger partial charge is 0.444 e. The minimum atomic E-state index is -3.90. The summed E-state index contributed by atoms with van der Waals surface area (Å²) in [7, 11) is -3.90. The Labute approximate surface area is 197 Å². The van der Waals surface area contributed by atoms with Gasteiger partial charge >= 0.3 is 6.09 Å². The minimum Gasteiger partial charge on any atom is -0.444 e. The van der Waals surface area contributed by atoms with Gasteiger partial charge in [-0.2, -0.15) is 4.31 Å². The van der Waals surface area contributed by atoms with E-state index in [0.29, 0.717) is 12.8 Å². The van der Waals surface area contributed by atoms with Crippen LogP contribution in [0.2, 0.25) is 15.1 Å². The van der Waals surface area contributed by atoms with Gasteiger partial charge in [0.05, 0.1) is 15.7 Å². The summed E-state index contributed by atoms with van der Waals surface area (Å²) in [6.45, 7) is 0.654. The number of halogens is 4. The van der Waals surface area contributed by atoms with Crippen molar-refractivity contribution in [1.82, 2.24) is 4.31 Å². The number of carbonyl (C=O) groups excluding carboxylic acids is 1. The van der Waals surface area contributed by atoms with E-state index in [1.165, 1.54) is 16.4 Å². The van der Waals surface area contributed by atoms with Crippen LogP contribution in [0.25, 0.3) is 0 Å². The fraction of sp³-hybridized carbons (Fsp3) is 0.316. The van der Waals surface area contributed by atoms with Gasteiger partial charge in [0.2, 0.25) is 10.0 Å². The summed E-state index contributed by atoms with van der Waals surface area (Å²) in [5.74, 6) is 0. The molecule has 0 aliphatic carbocycles. The smallest absolute Gasteiger partial charge is 0.414 e. The molecule has 1 amide bonds. The van der Waals surface area contributed by atoms with E-state index in [-0.39, 0.29) is 45.7 Å². The first-order chi connectivity index (χ1) is 14.2. The number of benzene rings is 2. The van der Waals surface area contributed by atoms with Crippen LogP contribution >= 0.6 is 50.7 Å². The van der Waals surface area contributed by atoms with Gasteiger partial charge in [-0.05, 0) is 43.2 Å². The molecule has 6 nitrogen and oxygen atoms in total. The third-order valence-corrected chi connectivity index (χ3v) is 8.73. The molecule has 2 aromatic carbocycles. The van der Waals surface area contributed by atoms with Crippen LogP contribution < -0.4 is 4.90 Å². The molecule has 11 heteroatoms. The highest BCUT2D eigenvalue weighted by atomic mass is 79.9. The van der Waals surface area contributed by atoms with Gasteiger partial charge in [-0.3, -0.25) is 4.90 Å². The summed E-state index contributed by atoms with van der Waals surface area (Å²) in [6, 6.07) is 8.19. The highest BCUT2D eigenvalue weighted by molar-refractivity contribution is 9.10. The second-order valence-electron chi connectivity index (χ2n) is 7.03. The van der Waals surface area contributed by atoms with Crippen molar-refractivity contribution in [2.45, 2.75) is 30.4 Å². The van der Waals surface area contributed by atoms with Crippen molar-refractivity contribution in [3.05, 3.63) is 55.4 Å². The number of anilines is 1. The molecule has 1 fully saturated rings. The molecular weight excluding hydrogens is 539 g/mol. The van der Waals surface area contributed by atoms with Crippen LogP contribution in [0.4, 0.5) is 10.5 Å². The predicted octanol–water partition coefficient (Wildman–Crippen LogP) is 5.72. The fourth-order valence-corrected chi connectivity index (χ4v) is 7.17. The van der Waals surface area contributed by atoms with Crippen LogP contribution in [-0.2, 0) is 21.4 Å². The zero-order valence-electron chi connectivity index (χ0n) is 15.4. The van der Waals surface area contributed by atoms with E-state index in [2.05, 4.69) is 15.9 Å². The van der Waals surface area contributed by atoms with Gasteiger partial charge in [0, 0.05) is 34.2 Å². The number of sulfonamides is 1. The highest BCUT2D eigenvalue weighted by Gasteiger charge is 2.38. The monoisotopic (exact) mass is 552 g/mol. The molecule has 0 N–H and O–H groups in total. The maximum atomic E-state index is 13.1. The third-order valence-electron chi connectivity index (χ3n) is 5.20. The van der Waals surface area contributed by atoms with Crippen molar-refractivity contribution in [3.63, 3.8) is 0 Å². The molecule has 0 radical (unpaired) electrons. The lowest BCUT2D eigenvalue weighted by Gasteiger charge is -2.39. The molecule has 0 aromatic heterocycles. The number of ether oxygens (including phenoxy) is 1. The Morgan fingerprint density at radius 2 is 1.67 bits per heavy atom. The average Bonchev–Trinajstić information content (AvgIpc) is 2.67. The Bertz CT molecular complexity index is 1100. The zero-order chi connectivity index (χ0) is 21.6. The molecule has 1 saturated heterocycles. The summed E-state index contributed by atoms with van der Waals surface area (Å²) in [4.78, 5) is 13.9. The van der Waals surface area contributed by atoms with Gasteiger partial charge < -0.3 is 4.74 Å². The third kappa shape index (κ3) is 4.06. The number of rotatable bonds is 3. The van der Waals surface area contributed by atoms with Gasteiger partial charge in [0.25, 0.3) is 0 Å². The molecule has 2 aliphatic heterocycles. The lowest BCUT2D eigenvalue weighted by Crippen LogP contribution is -2.50. The summed E-state index contributed by atoms with van der Waals surface area (Å²) in [5.41, 5.74) is 1.69. The van der Waals surface area contributed by atoms with Gasteiger partial charge in [0.1, 0.15) is 11.5 Å². The number of piperidine rings is 1. The Balaban J connectivity index is 1.56. The van der Waals surface area contributed by atoms with Gasteiger partial charge in [-0.25, -0.2) is 13.2 Å². The van der Waals surface area contributed by atoms with E-state index < -0.39 is 16.1 Å². The lowest BCUT2D eigenvalue weighted by molar-refractivity contribution is 0.135. The molecule has 0 spiro atoms. The van der Waals surface area contributed by atoms with Crippen molar-refractivity contribution in [2.75, 3.05) is 18.0 Å². The number of fused-ring (bicyclic) bond motifs is 1. The number of hydrogen-bond donors (Lipinski definition) is 0. The maximum absolute atomic E-state index is 13.1. The quantitative estimate of drug-likeness (QED) is 0.487. The first kappa shape index (κ1) is 22.2. The van der Waals surface area contributed by atoms with Gasteiger partial charge in [-0.15, -0.1) is 0 Å². The minimum absolute atomic E-state index is 0.0197. The summed E-state index contributed by atoms with van der Waals surface area (Å²) in [5, 5.41) is 0.221. The second kappa shape index (κ2) is 8.48. The number of amides is 1. The van der Waals surface area contributed by atoms with Crippen LogP contribution in [0.15, 0.2) is 39.7 Å². The van der Waals surface area contributed by atoms with E-state index in [9.17, 15) is 13.2 Å². The molecule has 2 heterocycles. The van der Waals surface area contributed by atoms with Crippen molar-refractivity contribution in [3.8, 4) is 0 Å². The molecule has 4 rings (SSSR count). The number of nitrogens with zero attached hydrogens (tertiary/aromatic N) is 2. The average molecular weight is 555 g/mol. The second-order valence-corrected chi connectivity index (χ2v) is 11.1. The molecule has 160 valence electrons. The fourth-order valence-electron chi connectivity index (χ4n) is 3.80. The van der Waals surface area contributed by atoms with Crippen molar-refractivity contribution >= 4 is 72.5 Å². The molecule has 0 saturated carbocycles. The molecule has 2 aliphatic rings. The van der Waals surface area contributed by atoms with Gasteiger partial charge in [0.15, 0.2) is 0 Å². The molecule has 0 atom stereocenters. The number of carbonyl (C=O) groups is 1. The van der Waals surface area contributed by atoms with Crippen LogP contribution in [0.1, 0.15) is 18.4 Å². The molecular formula is C19H16BrCl3N2O4S. The van der Waals surface area contributed by atoms with Gasteiger partial charge in [-0.1, -0.05) is 50.7 Å². The Morgan fingerprint density at radius 3 is 2.30 bits per heavy atom. The summed E-state index contributed by atoms with van der Waals surface area (Å²) < 4.78 is 33.8. The first-order valence-corrected chi connectivity index (χ1v) is 12.4. The van der Waals surface area contributed by atoms with E-state index in [1.54, 1.807) is 4.90 Å². The summed E-state index contributed by atoms with van der Waals surface area (Å²) >= 11 is 21.6. The maximum Gasteiger partial charge on any atom is 0.414 e. The van der Waals surface area contributed by atoms with Crippen molar-refractivity contribution < 1.29 is 17.9 Å². The number of cyclic esters (lactones) is 1. The van der Waals surface area contributed by atoms with Crippen molar-refractivity contribution in [2.24, 2.45) is 0 Å². The Morgan fingerprint density at radius 1 is 1.03 bits per heavy atom. The van der Waals surface area contributed by atoms with E-state index in [0.717, 1.165) is 15.7 Å². The Kier molecular flexibility index (Phi) is 6.27. The van der Waals surface area contributed by atoms with Crippen LogP contribution in [-0.4, -0.2) is 37.9 Å². The first-order valence-electron chi connectivity index (χ1n) is 9.07. The number of hydrogen-bond acceptors (Lipinski definition) is 4. The lowest BCUT2D eigenvalue weighted by atomic mass is 10.0. The highest BCUT2D eigenvalue weighted by Crippen LogP contribution is 2.37. The standard InChI is InChI=1S/C19H16BrCl3N2O4S/c20-12-1-2-17-11(7-12)10-29-19(26)25(17)14-3-5-24(6-4-14)30(27,28)18-15(22)8-13(21)9-16(18)23/h1-2,7-9,14H,3-6,10H2. The predicted molar refractivity (Wildman–Crippen MR) is 120 cm³/mol. The molecule has 0 bridgehead atoms. The van der Waals surface area contributed by atoms with Crippen LogP contribution in [0.3, 0.4) is 0 Å². The van der Waals surface area contributed by atoms with E-state index >= 15 is 0 Å². The Hall–Kier alpha value is -1.03. The zero-order valence-corrected chi connectivity index (χ0v) is 20.1. The summed E-state index contributed by atoms with van der Waals surface area (Å²) in [6.07, 6.45) is 0.481. The van der Waals surface area contributed by atoms with E-state index in [4.69, 9.17) is 39.5 Å². The normalized spacial score (nSPS) is 18.3. The van der Waals surface area contributed by atoms with Crippen molar-refractivity contribution in [1.29, 1.82) is 0 Å². The van der Waals surface area contributed by atoms with Crippen LogP contribution in [0, 0.1) is 0 Å². The van der Waals surface area contributed by atoms with Crippen LogP contribution in [0.5, 0.6) is 0 Å².